The number of rotatable bonds is 5. The Labute approximate surface area is 151 Å². The molecule has 2 heterocycles. The van der Waals surface area contributed by atoms with Crippen LogP contribution in [0.2, 0.25) is 0 Å². The van der Waals surface area contributed by atoms with Crippen molar-refractivity contribution in [2.45, 2.75) is 39.8 Å². The zero-order valence-corrected chi connectivity index (χ0v) is 15.6. The van der Waals surface area contributed by atoms with E-state index in [1.165, 1.54) is 0 Å². The van der Waals surface area contributed by atoms with Crippen LogP contribution in [0.4, 0.5) is 4.79 Å². The van der Waals surface area contributed by atoms with E-state index < -0.39 is 0 Å². The zero-order chi connectivity index (χ0) is 18.0. The summed E-state index contributed by atoms with van der Waals surface area (Å²) in [6, 6.07) is 7.37. The number of thiazole rings is 1. The number of hydrogen-bond acceptors (Lipinski definition) is 4. The SMILES string of the molecule is Cc1ncc(C(C)NC(=O)NC(c2nc3ccccc3[nH]2)C(C)C)s1. The van der Waals surface area contributed by atoms with Gasteiger partial charge in [0.15, 0.2) is 0 Å². The Bertz CT molecular complexity index is 836. The summed E-state index contributed by atoms with van der Waals surface area (Å²) in [5.74, 6) is 0.972. The number of imidazole rings is 1. The number of fused-ring (bicyclic) bond motifs is 1. The third kappa shape index (κ3) is 3.99. The molecule has 0 saturated heterocycles. The summed E-state index contributed by atoms with van der Waals surface area (Å²) < 4.78 is 0. The van der Waals surface area contributed by atoms with Gasteiger partial charge in [-0.25, -0.2) is 14.8 Å². The number of nitrogens with one attached hydrogen (secondary N) is 3. The van der Waals surface area contributed by atoms with Gasteiger partial charge in [0.25, 0.3) is 0 Å². The van der Waals surface area contributed by atoms with Crippen molar-refractivity contribution in [1.29, 1.82) is 0 Å². The maximum atomic E-state index is 12.5. The van der Waals surface area contributed by atoms with Gasteiger partial charge in [0.1, 0.15) is 5.82 Å². The van der Waals surface area contributed by atoms with Crippen LogP contribution in [0.3, 0.4) is 0 Å². The Hall–Kier alpha value is -2.41. The second-order valence-electron chi connectivity index (χ2n) is 6.48. The summed E-state index contributed by atoms with van der Waals surface area (Å²) in [5, 5.41) is 7.01. The van der Waals surface area contributed by atoms with E-state index in [0.717, 1.165) is 26.7 Å². The highest BCUT2D eigenvalue weighted by atomic mass is 32.1. The quantitative estimate of drug-likeness (QED) is 0.643. The standard InChI is InChI=1S/C18H23N5OS/c1-10(2)16(17-21-13-7-5-6-8-14(13)22-17)23-18(24)20-11(3)15-9-19-12(4)25-15/h5-11,16H,1-4H3,(H,21,22)(H2,20,23,24). The Morgan fingerprint density at radius 3 is 2.60 bits per heavy atom. The van der Waals surface area contributed by atoms with Crippen molar-refractivity contribution in [2.24, 2.45) is 5.92 Å². The molecule has 0 radical (unpaired) electrons. The summed E-state index contributed by atoms with van der Waals surface area (Å²) in [4.78, 5) is 25.7. The number of carbonyl (C=O) groups excluding carboxylic acids is 1. The fourth-order valence-electron chi connectivity index (χ4n) is 2.70. The fourth-order valence-corrected chi connectivity index (χ4v) is 3.49. The molecule has 25 heavy (non-hydrogen) atoms. The normalized spacial score (nSPS) is 13.8. The first-order valence-electron chi connectivity index (χ1n) is 8.38. The molecule has 3 N–H and O–H groups in total. The lowest BCUT2D eigenvalue weighted by Gasteiger charge is -2.22. The third-order valence-electron chi connectivity index (χ3n) is 4.07. The van der Waals surface area contributed by atoms with E-state index in [1.54, 1.807) is 11.3 Å². The number of aromatic amines is 1. The van der Waals surface area contributed by atoms with Gasteiger partial charge >= 0.3 is 6.03 Å². The maximum absolute atomic E-state index is 12.5. The van der Waals surface area contributed by atoms with Crippen molar-refractivity contribution in [3.63, 3.8) is 0 Å². The molecule has 1 aromatic carbocycles. The minimum Gasteiger partial charge on any atom is -0.340 e. The molecular formula is C18H23N5OS. The topological polar surface area (TPSA) is 82.7 Å². The largest absolute Gasteiger partial charge is 0.340 e. The number of nitrogens with zero attached hydrogens (tertiary/aromatic N) is 2. The molecule has 2 amide bonds. The molecule has 6 nitrogen and oxygen atoms in total. The van der Waals surface area contributed by atoms with Crippen LogP contribution in [0.25, 0.3) is 11.0 Å². The number of benzene rings is 1. The fraction of sp³-hybridized carbons (Fsp3) is 0.389. The lowest BCUT2D eigenvalue weighted by atomic mass is 10.0. The van der Waals surface area contributed by atoms with Gasteiger partial charge in [-0.3, -0.25) is 0 Å². The number of para-hydroxylation sites is 2. The Morgan fingerprint density at radius 1 is 1.20 bits per heavy atom. The van der Waals surface area contributed by atoms with Gasteiger partial charge in [-0.15, -0.1) is 11.3 Å². The minimum absolute atomic E-state index is 0.0883. The second-order valence-corrected chi connectivity index (χ2v) is 7.75. The first kappa shape index (κ1) is 17.4. The van der Waals surface area contributed by atoms with E-state index in [1.807, 2.05) is 44.3 Å². The molecule has 2 atom stereocenters. The molecule has 3 rings (SSSR count). The molecule has 7 heteroatoms. The van der Waals surface area contributed by atoms with Crippen LogP contribution in [-0.4, -0.2) is 21.0 Å². The van der Waals surface area contributed by atoms with E-state index in [2.05, 4.69) is 39.4 Å². The second kappa shape index (κ2) is 7.23. The molecule has 0 aliphatic carbocycles. The maximum Gasteiger partial charge on any atom is 0.315 e. The first-order valence-corrected chi connectivity index (χ1v) is 9.19. The van der Waals surface area contributed by atoms with Crippen LogP contribution in [0, 0.1) is 12.8 Å². The van der Waals surface area contributed by atoms with Gasteiger partial charge < -0.3 is 15.6 Å². The first-order chi connectivity index (χ1) is 11.9. The van der Waals surface area contributed by atoms with Gasteiger partial charge in [-0.2, -0.15) is 0 Å². The highest BCUT2D eigenvalue weighted by molar-refractivity contribution is 7.11. The lowest BCUT2D eigenvalue weighted by Crippen LogP contribution is -2.41. The van der Waals surface area contributed by atoms with Crippen LogP contribution in [0.15, 0.2) is 30.5 Å². The molecular weight excluding hydrogens is 334 g/mol. The summed E-state index contributed by atoms with van der Waals surface area (Å²) in [6.45, 7) is 8.04. The molecule has 0 saturated carbocycles. The van der Waals surface area contributed by atoms with Crippen LogP contribution in [-0.2, 0) is 0 Å². The lowest BCUT2D eigenvalue weighted by molar-refractivity contribution is 0.229. The number of hydrogen-bond donors (Lipinski definition) is 3. The number of carbonyl (C=O) groups is 1. The highest BCUT2D eigenvalue weighted by Crippen LogP contribution is 2.23. The average molecular weight is 357 g/mol. The van der Waals surface area contributed by atoms with E-state index >= 15 is 0 Å². The number of aromatic nitrogens is 3. The van der Waals surface area contributed by atoms with E-state index in [0.29, 0.717) is 0 Å². The highest BCUT2D eigenvalue weighted by Gasteiger charge is 2.23. The summed E-state index contributed by atoms with van der Waals surface area (Å²) in [7, 11) is 0. The number of amides is 2. The molecule has 0 aliphatic rings. The Balaban J connectivity index is 1.72. The predicted molar refractivity (Wildman–Crippen MR) is 101 cm³/mol. The summed E-state index contributed by atoms with van der Waals surface area (Å²) >= 11 is 1.59. The van der Waals surface area contributed by atoms with Gasteiger partial charge in [-0.05, 0) is 31.9 Å². The van der Waals surface area contributed by atoms with Crippen molar-refractivity contribution in [3.05, 3.63) is 46.2 Å². The van der Waals surface area contributed by atoms with Gasteiger partial charge in [0, 0.05) is 11.1 Å². The number of H-pyrrole nitrogens is 1. The molecule has 0 aliphatic heterocycles. The van der Waals surface area contributed by atoms with E-state index in [4.69, 9.17) is 0 Å². The monoisotopic (exact) mass is 357 g/mol. The number of urea groups is 1. The van der Waals surface area contributed by atoms with Crippen LogP contribution < -0.4 is 10.6 Å². The van der Waals surface area contributed by atoms with E-state index in [-0.39, 0.29) is 24.0 Å². The minimum atomic E-state index is -0.210. The smallest absolute Gasteiger partial charge is 0.315 e. The van der Waals surface area contributed by atoms with Gasteiger partial charge in [0.2, 0.25) is 0 Å². The van der Waals surface area contributed by atoms with Gasteiger partial charge in [-0.1, -0.05) is 26.0 Å². The Morgan fingerprint density at radius 2 is 1.96 bits per heavy atom. The van der Waals surface area contributed by atoms with Crippen molar-refractivity contribution < 1.29 is 4.79 Å². The van der Waals surface area contributed by atoms with Crippen LogP contribution in [0.5, 0.6) is 0 Å². The number of aryl methyl sites for hydroxylation is 1. The van der Waals surface area contributed by atoms with Crippen molar-refractivity contribution in [3.8, 4) is 0 Å². The predicted octanol–water partition coefficient (Wildman–Crippen LogP) is 4.09. The molecule has 3 aromatic rings. The third-order valence-corrected chi connectivity index (χ3v) is 5.16. The van der Waals surface area contributed by atoms with Crippen molar-refractivity contribution in [2.75, 3.05) is 0 Å². The molecule has 2 aromatic heterocycles. The van der Waals surface area contributed by atoms with Crippen LogP contribution in [0.1, 0.15) is 48.6 Å². The molecule has 0 spiro atoms. The Kier molecular flexibility index (Phi) is 5.03. The molecule has 132 valence electrons. The van der Waals surface area contributed by atoms with Crippen LogP contribution >= 0.6 is 11.3 Å². The molecule has 0 bridgehead atoms. The molecule has 0 fully saturated rings. The summed E-state index contributed by atoms with van der Waals surface area (Å²) in [5.41, 5.74) is 1.87. The molecule has 2 unspecified atom stereocenters. The van der Waals surface area contributed by atoms with Crippen molar-refractivity contribution in [1.82, 2.24) is 25.6 Å². The van der Waals surface area contributed by atoms with Gasteiger partial charge in [0.05, 0.1) is 28.1 Å². The average Bonchev–Trinajstić information content (AvgIpc) is 3.18. The zero-order valence-electron chi connectivity index (χ0n) is 14.8. The van der Waals surface area contributed by atoms with E-state index in [9.17, 15) is 4.79 Å². The van der Waals surface area contributed by atoms with Crippen molar-refractivity contribution >= 4 is 28.4 Å². The summed E-state index contributed by atoms with van der Waals surface area (Å²) in [6.07, 6.45) is 1.81.